The normalized spacial score (nSPS) is 11.4. The number of thiazole rings is 1. The van der Waals surface area contributed by atoms with E-state index in [1.54, 1.807) is 5.51 Å². The van der Waals surface area contributed by atoms with Gasteiger partial charge in [0, 0.05) is 24.9 Å². The quantitative estimate of drug-likeness (QED) is 0.788. The van der Waals surface area contributed by atoms with E-state index in [0.29, 0.717) is 25.5 Å². The first-order valence-corrected chi connectivity index (χ1v) is 8.47. The molecule has 0 atom stereocenters. The summed E-state index contributed by atoms with van der Waals surface area (Å²) < 4.78 is 26.5. The molecular formula is C11H15N5O2S2. The van der Waals surface area contributed by atoms with Gasteiger partial charge < -0.3 is 5.32 Å². The minimum atomic E-state index is -3.57. The molecule has 0 saturated heterocycles. The number of rotatable bonds is 7. The molecule has 2 N–H and O–H groups in total. The lowest BCUT2D eigenvalue weighted by molar-refractivity contribution is 0.580. The van der Waals surface area contributed by atoms with Crippen molar-refractivity contribution in [3.63, 3.8) is 0 Å². The molecule has 2 rings (SSSR count). The van der Waals surface area contributed by atoms with E-state index in [2.05, 4.69) is 25.0 Å². The molecule has 0 fully saturated rings. The zero-order valence-corrected chi connectivity index (χ0v) is 12.5. The number of anilines is 1. The van der Waals surface area contributed by atoms with E-state index in [9.17, 15) is 8.42 Å². The van der Waals surface area contributed by atoms with Crippen LogP contribution in [0.15, 0.2) is 28.2 Å². The highest BCUT2D eigenvalue weighted by atomic mass is 32.2. The summed E-state index contributed by atoms with van der Waals surface area (Å²) in [4.78, 5) is 12.0. The minimum absolute atomic E-state index is 0.0532. The highest BCUT2D eigenvalue weighted by Gasteiger charge is 2.14. The second-order valence-corrected chi connectivity index (χ2v) is 6.39. The van der Waals surface area contributed by atoms with E-state index in [4.69, 9.17) is 0 Å². The van der Waals surface area contributed by atoms with Gasteiger partial charge in [0.25, 0.3) is 0 Å². The summed E-state index contributed by atoms with van der Waals surface area (Å²) in [6, 6.07) is 0. The lowest BCUT2D eigenvalue weighted by Gasteiger charge is -2.06. The molecule has 2 aromatic rings. The summed E-state index contributed by atoms with van der Waals surface area (Å²) in [5.74, 6) is 0.411. The number of nitrogens with zero attached hydrogens (tertiary/aromatic N) is 3. The molecule has 2 aromatic heterocycles. The standard InChI is InChI=1S/C11H15N5O2S2/c1-2-12-11-13-5-10(6-14-11)20(17,18)16-4-3-9-7-19-8-15-9/h5-8,16H,2-4H2,1H3,(H,12,13,14). The molecule has 7 nitrogen and oxygen atoms in total. The van der Waals surface area contributed by atoms with Crippen molar-refractivity contribution < 1.29 is 8.42 Å². The molecule has 0 amide bonds. The lowest BCUT2D eigenvalue weighted by atomic mass is 10.3. The van der Waals surface area contributed by atoms with Crippen LogP contribution in [0.4, 0.5) is 5.95 Å². The Labute approximate surface area is 121 Å². The molecule has 0 bridgehead atoms. The highest BCUT2D eigenvalue weighted by molar-refractivity contribution is 7.89. The van der Waals surface area contributed by atoms with Gasteiger partial charge in [-0.25, -0.2) is 28.1 Å². The third-order valence-electron chi connectivity index (χ3n) is 2.43. The molecule has 0 aliphatic carbocycles. The van der Waals surface area contributed by atoms with Crippen LogP contribution in [0, 0.1) is 0 Å². The summed E-state index contributed by atoms with van der Waals surface area (Å²) in [5, 5.41) is 4.79. The Morgan fingerprint density at radius 3 is 2.60 bits per heavy atom. The van der Waals surface area contributed by atoms with E-state index < -0.39 is 10.0 Å². The van der Waals surface area contributed by atoms with Crippen molar-refractivity contribution >= 4 is 27.3 Å². The van der Waals surface area contributed by atoms with E-state index >= 15 is 0 Å². The van der Waals surface area contributed by atoms with Gasteiger partial charge in [0.1, 0.15) is 4.90 Å². The average molecular weight is 313 g/mol. The first-order chi connectivity index (χ1) is 9.62. The smallest absolute Gasteiger partial charge is 0.243 e. The molecule has 0 radical (unpaired) electrons. The SMILES string of the molecule is CCNc1ncc(S(=O)(=O)NCCc2cscn2)cn1. The summed E-state index contributed by atoms with van der Waals surface area (Å²) in [6.45, 7) is 2.88. The molecule has 0 aliphatic heterocycles. The monoisotopic (exact) mass is 313 g/mol. The Morgan fingerprint density at radius 2 is 2.00 bits per heavy atom. The van der Waals surface area contributed by atoms with E-state index in [-0.39, 0.29) is 4.90 Å². The van der Waals surface area contributed by atoms with Crippen LogP contribution in [-0.2, 0) is 16.4 Å². The van der Waals surface area contributed by atoms with Crippen molar-refractivity contribution in [2.24, 2.45) is 0 Å². The van der Waals surface area contributed by atoms with Crippen molar-refractivity contribution in [3.05, 3.63) is 29.0 Å². The van der Waals surface area contributed by atoms with Gasteiger partial charge in [0.15, 0.2) is 0 Å². The maximum atomic E-state index is 12.0. The summed E-state index contributed by atoms with van der Waals surface area (Å²) in [5.41, 5.74) is 2.59. The molecule has 0 aromatic carbocycles. The fourth-order valence-corrected chi connectivity index (χ4v) is 2.98. The lowest BCUT2D eigenvalue weighted by Crippen LogP contribution is -2.26. The van der Waals surface area contributed by atoms with Crippen molar-refractivity contribution in [3.8, 4) is 0 Å². The number of sulfonamides is 1. The second kappa shape index (κ2) is 6.73. The number of aromatic nitrogens is 3. The number of nitrogens with one attached hydrogen (secondary N) is 2. The Hall–Kier alpha value is -1.58. The Kier molecular flexibility index (Phi) is 4.99. The van der Waals surface area contributed by atoms with E-state index in [1.165, 1.54) is 23.7 Å². The zero-order valence-electron chi connectivity index (χ0n) is 10.9. The first kappa shape index (κ1) is 14.8. The van der Waals surface area contributed by atoms with Crippen LogP contribution in [0.25, 0.3) is 0 Å². The van der Waals surface area contributed by atoms with Crippen molar-refractivity contribution in [1.82, 2.24) is 19.7 Å². The van der Waals surface area contributed by atoms with Crippen LogP contribution in [0.2, 0.25) is 0 Å². The maximum absolute atomic E-state index is 12.0. The summed E-state index contributed by atoms with van der Waals surface area (Å²) in [7, 11) is -3.57. The fraction of sp³-hybridized carbons (Fsp3) is 0.364. The molecule has 2 heterocycles. The van der Waals surface area contributed by atoms with Gasteiger partial charge in [0.05, 0.1) is 23.6 Å². The van der Waals surface area contributed by atoms with Gasteiger partial charge in [0.2, 0.25) is 16.0 Å². The van der Waals surface area contributed by atoms with Crippen molar-refractivity contribution in [2.75, 3.05) is 18.4 Å². The van der Waals surface area contributed by atoms with Crippen LogP contribution in [-0.4, -0.2) is 36.5 Å². The van der Waals surface area contributed by atoms with Gasteiger partial charge >= 0.3 is 0 Å². The van der Waals surface area contributed by atoms with Crippen molar-refractivity contribution in [2.45, 2.75) is 18.2 Å². The predicted octanol–water partition coefficient (Wildman–Crippen LogP) is 0.886. The zero-order chi connectivity index (χ0) is 14.4. The molecule has 0 saturated carbocycles. The largest absolute Gasteiger partial charge is 0.355 e. The molecule has 0 spiro atoms. The number of hydrogen-bond acceptors (Lipinski definition) is 7. The average Bonchev–Trinajstić information content (AvgIpc) is 2.93. The van der Waals surface area contributed by atoms with Crippen LogP contribution < -0.4 is 10.0 Å². The molecule has 9 heteroatoms. The van der Waals surface area contributed by atoms with Crippen LogP contribution in [0.1, 0.15) is 12.6 Å². The Balaban J connectivity index is 1.95. The van der Waals surface area contributed by atoms with Crippen LogP contribution in [0.5, 0.6) is 0 Å². The third-order valence-corrected chi connectivity index (χ3v) is 4.48. The topological polar surface area (TPSA) is 96.9 Å². The van der Waals surface area contributed by atoms with Gasteiger partial charge in [-0.3, -0.25) is 0 Å². The van der Waals surface area contributed by atoms with Gasteiger partial charge in [-0.2, -0.15) is 0 Å². The Bertz CT molecular complexity index is 625. The highest BCUT2D eigenvalue weighted by Crippen LogP contribution is 2.07. The second-order valence-electron chi connectivity index (χ2n) is 3.90. The summed E-state index contributed by atoms with van der Waals surface area (Å²) >= 11 is 1.48. The number of hydrogen-bond donors (Lipinski definition) is 2. The van der Waals surface area contributed by atoms with E-state index in [1.807, 2.05) is 12.3 Å². The maximum Gasteiger partial charge on any atom is 0.243 e. The van der Waals surface area contributed by atoms with Gasteiger partial charge in [-0.15, -0.1) is 11.3 Å². The van der Waals surface area contributed by atoms with Crippen LogP contribution in [0.3, 0.4) is 0 Å². The molecule has 108 valence electrons. The molecule has 20 heavy (non-hydrogen) atoms. The Morgan fingerprint density at radius 1 is 1.25 bits per heavy atom. The van der Waals surface area contributed by atoms with E-state index in [0.717, 1.165) is 5.69 Å². The molecule has 0 aliphatic rings. The summed E-state index contributed by atoms with van der Waals surface area (Å²) in [6.07, 6.45) is 3.13. The molecule has 0 unspecified atom stereocenters. The fourth-order valence-electron chi connectivity index (χ4n) is 1.46. The predicted molar refractivity (Wildman–Crippen MR) is 77.2 cm³/mol. The molecular weight excluding hydrogens is 298 g/mol. The van der Waals surface area contributed by atoms with Gasteiger partial charge in [-0.05, 0) is 6.92 Å². The van der Waals surface area contributed by atoms with Gasteiger partial charge in [-0.1, -0.05) is 0 Å². The third kappa shape index (κ3) is 3.95. The van der Waals surface area contributed by atoms with Crippen molar-refractivity contribution in [1.29, 1.82) is 0 Å². The first-order valence-electron chi connectivity index (χ1n) is 6.04. The minimum Gasteiger partial charge on any atom is -0.355 e. The van der Waals surface area contributed by atoms with Crippen LogP contribution >= 0.6 is 11.3 Å².